The molecule has 0 aromatic heterocycles. The van der Waals surface area contributed by atoms with Crippen LogP contribution in [0.3, 0.4) is 0 Å². The van der Waals surface area contributed by atoms with E-state index in [2.05, 4.69) is 36.6 Å². The van der Waals surface area contributed by atoms with Crippen LogP contribution in [0.1, 0.15) is 91.4 Å². The van der Waals surface area contributed by atoms with Crippen molar-refractivity contribution in [2.75, 3.05) is 14.2 Å². The second-order valence-corrected chi connectivity index (χ2v) is 14.3. The standard InChI is InChI=1S/C42H46FN3O4/c1-28(2)30-15-17-31(18-16-30)36-34(11-8-12-35(36)50-4)38(47)45-42-24-21-41(22-25-42,23-26-42)40(49)44-37(32-9-6-5-7-10-32)39(48)46(3)27-29-13-19-33(43)20-14-29/h5-20,28,37H,21-27H2,1-4H3,(H,44,49)(H,45,47)/t37-,41?,42?/m0/s1. The number of halogens is 1. The van der Waals surface area contributed by atoms with E-state index in [1.54, 1.807) is 31.2 Å². The summed E-state index contributed by atoms with van der Waals surface area (Å²) in [7, 11) is 3.31. The van der Waals surface area contributed by atoms with Crippen molar-refractivity contribution in [2.24, 2.45) is 5.41 Å². The molecule has 8 heteroatoms. The van der Waals surface area contributed by atoms with E-state index >= 15 is 0 Å². The molecular weight excluding hydrogens is 629 g/mol. The predicted molar refractivity (Wildman–Crippen MR) is 193 cm³/mol. The van der Waals surface area contributed by atoms with Crippen molar-refractivity contribution in [3.8, 4) is 16.9 Å². The minimum atomic E-state index is -0.863. The molecule has 0 unspecified atom stereocenters. The Morgan fingerprint density at radius 3 is 2.04 bits per heavy atom. The highest BCUT2D eigenvalue weighted by Gasteiger charge is 2.53. The zero-order valence-corrected chi connectivity index (χ0v) is 29.3. The summed E-state index contributed by atoms with van der Waals surface area (Å²) in [5.74, 6) is 0.179. The molecule has 3 saturated carbocycles. The Morgan fingerprint density at radius 1 is 0.800 bits per heavy atom. The summed E-state index contributed by atoms with van der Waals surface area (Å²) >= 11 is 0. The van der Waals surface area contributed by atoms with Crippen LogP contribution < -0.4 is 15.4 Å². The Balaban J connectivity index is 1.16. The number of methoxy groups -OCH3 is 1. The number of hydrogen-bond donors (Lipinski definition) is 2. The first-order valence-corrected chi connectivity index (χ1v) is 17.5. The minimum Gasteiger partial charge on any atom is -0.496 e. The molecule has 260 valence electrons. The number of fused-ring (bicyclic) bond motifs is 3. The maximum atomic E-state index is 14.1. The van der Waals surface area contributed by atoms with Crippen LogP contribution in [0, 0.1) is 11.2 Å². The van der Waals surface area contributed by atoms with Crippen LogP contribution in [0.4, 0.5) is 4.39 Å². The van der Waals surface area contributed by atoms with Crippen molar-refractivity contribution in [2.45, 2.75) is 76.4 Å². The Morgan fingerprint density at radius 2 is 1.44 bits per heavy atom. The first-order valence-electron chi connectivity index (χ1n) is 17.5. The summed E-state index contributed by atoms with van der Waals surface area (Å²) in [6, 6.07) is 28.3. The molecule has 3 amide bonds. The molecule has 1 atom stereocenters. The Hall–Kier alpha value is -4.98. The van der Waals surface area contributed by atoms with Gasteiger partial charge in [0.05, 0.1) is 12.7 Å². The largest absolute Gasteiger partial charge is 0.496 e. The molecule has 50 heavy (non-hydrogen) atoms. The van der Waals surface area contributed by atoms with Crippen molar-refractivity contribution < 1.29 is 23.5 Å². The van der Waals surface area contributed by atoms with E-state index in [-0.39, 0.29) is 30.1 Å². The summed E-state index contributed by atoms with van der Waals surface area (Å²) in [6.07, 6.45) is 3.85. The van der Waals surface area contributed by atoms with Crippen molar-refractivity contribution in [3.63, 3.8) is 0 Å². The molecule has 0 aliphatic heterocycles. The highest BCUT2D eigenvalue weighted by atomic mass is 19.1. The van der Waals surface area contributed by atoms with E-state index in [0.717, 1.165) is 16.7 Å². The number of nitrogens with one attached hydrogen (secondary N) is 2. The van der Waals surface area contributed by atoms with Gasteiger partial charge in [0.2, 0.25) is 11.8 Å². The highest BCUT2D eigenvalue weighted by molar-refractivity contribution is 6.03. The fourth-order valence-electron chi connectivity index (χ4n) is 7.62. The van der Waals surface area contributed by atoms with Gasteiger partial charge in [-0.1, -0.05) is 86.6 Å². The molecule has 3 aliphatic carbocycles. The SMILES string of the molecule is COc1cccc(C(=O)NC23CCC(C(=O)N[C@H](C(=O)N(C)Cc4ccc(F)cc4)c4ccccc4)(CC2)CC3)c1-c1ccc(C(C)C)cc1. The molecule has 2 bridgehead atoms. The molecule has 2 N–H and O–H groups in total. The fourth-order valence-corrected chi connectivity index (χ4v) is 7.62. The number of likely N-dealkylation sites (N-methyl/N-ethyl adjacent to an activating group) is 1. The van der Waals surface area contributed by atoms with Crippen LogP contribution in [0.5, 0.6) is 5.75 Å². The molecular formula is C42H46FN3O4. The van der Waals surface area contributed by atoms with Gasteiger partial charge in [0.15, 0.2) is 0 Å². The van der Waals surface area contributed by atoms with Crippen molar-refractivity contribution in [3.05, 3.63) is 125 Å². The first-order chi connectivity index (χ1) is 24.0. The first kappa shape index (κ1) is 34.9. The summed E-state index contributed by atoms with van der Waals surface area (Å²) in [5.41, 5.74) is 3.94. The summed E-state index contributed by atoms with van der Waals surface area (Å²) in [5, 5.41) is 6.53. The zero-order valence-electron chi connectivity index (χ0n) is 29.3. The fraction of sp³-hybridized carbons (Fsp3) is 0.357. The lowest BCUT2D eigenvalue weighted by Crippen LogP contribution is -2.60. The van der Waals surface area contributed by atoms with Gasteiger partial charge in [-0.25, -0.2) is 4.39 Å². The molecule has 3 fully saturated rings. The van der Waals surface area contributed by atoms with E-state index in [4.69, 9.17) is 4.74 Å². The molecule has 0 radical (unpaired) electrons. The third-order valence-corrected chi connectivity index (χ3v) is 10.8. The van der Waals surface area contributed by atoms with Gasteiger partial charge < -0.3 is 20.3 Å². The summed E-state index contributed by atoms with van der Waals surface area (Å²) in [6.45, 7) is 4.59. The van der Waals surface area contributed by atoms with Gasteiger partial charge in [-0.3, -0.25) is 14.4 Å². The molecule has 4 aromatic carbocycles. The molecule has 3 aliphatic rings. The number of rotatable bonds is 11. The van der Waals surface area contributed by atoms with E-state index in [1.807, 2.05) is 60.7 Å². The van der Waals surface area contributed by atoms with Crippen LogP contribution in [0.2, 0.25) is 0 Å². The van der Waals surface area contributed by atoms with Crippen molar-refractivity contribution >= 4 is 17.7 Å². The zero-order chi connectivity index (χ0) is 35.5. The highest BCUT2D eigenvalue weighted by Crippen LogP contribution is 2.53. The van der Waals surface area contributed by atoms with Crippen LogP contribution in [0.15, 0.2) is 97.1 Å². The monoisotopic (exact) mass is 675 g/mol. The third-order valence-electron chi connectivity index (χ3n) is 10.8. The minimum absolute atomic E-state index is 0.130. The van der Waals surface area contributed by atoms with Gasteiger partial charge in [0.25, 0.3) is 5.91 Å². The molecule has 4 aromatic rings. The van der Waals surface area contributed by atoms with E-state index < -0.39 is 17.0 Å². The van der Waals surface area contributed by atoms with Crippen LogP contribution in [0.25, 0.3) is 11.1 Å². The number of carbonyl (C=O) groups is 3. The number of hydrogen-bond acceptors (Lipinski definition) is 4. The van der Waals surface area contributed by atoms with E-state index in [9.17, 15) is 18.8 Å². The second-order valence-electron chi connectivity index (χ2n) is 14.3. The average Bonchev–Trinajstić information content (AvgIpc) is 3.15. The molecule has 0 spiro atoms. The quantitative estimate of drug-likeness (QED) is 0.169. The van der Waals surface area contributed by atoms with Gasteiger partial charge >= 0.3 is 0 Å². The van der Waals surface area contributed by atoms with Gasteiger partial charge in [-0.05, 0) is 91.0 Å². The maximum absolute atomic E-state index is 14.1. The van der Waals surface area contributed by atoms with Gasteiger partial charge in [-0.2, -0.15) is 0 Å². The van der Waals surface area contributed by atoms with Gasteiger partial charge in [0.1, 0.15) is 17.6 Å². The number of benzene rings is 4. The average molecular weight is 676 g/mol. The lowest BCUT2D eigenvalue weighted by molar-refractivity contribution is -0.143. The second kappa shape index (κ2) is 14.5. The smallest absolute Gasteiger partial charge is 0.252 e. The molecule has 0 heterocycles. The van der Waals surface area contributed by atoms with E-state index in [1.165, 1.54) is 17.7 Å². The lowest BCUT2D eigenvalue weighted by atomic mass is 9.56. The molecule has 7 rings (SSSR count). The number of nitrogens with zero attached hydrogens (tertiary/aromatic N) is 1. The Labute approximate surface area is 294 Å². The number of amides is 3. The van der Waals surface area contributed by atoms with Crippen LogP contribution in [-0.2, 0) is 16.1 Å². The molecule has 0 saturated heterocycles. The van der Waals surface area contributed by atoms with Gasteiger partial charge in [0, 0.05) is 30.1 Å². The topological polar surface area (TPSA) is 87.7 Å². The van der Waals surface area contributed by atoms with Crippen molar-refractivity contribution in [1.29, 1.82) is 0 Å². The summed E-state index contributed by atoms with van der Waals surface area (Å²) in [4.78, 5) is 43.6. The normalized spacial score (nSPS) is 20.2. The van der Waals surface area contributed by atoms with Gasteiger partial charge in [-0.15, -0.1) is 0 Å². The third kappa shape index (κ3) is 7.16. The number of carbonyl (C=O) groups excluding carboxylic acids is 3. The predicted octanol–water partition coefficient (Wildman–Crippen LogP) is 7.96. The van der Waals surface area contributed by atoms with E-state index in [0.29, 0.717) is 61.3 Å². The van der Waals surface area contributed by atoms with Crippen LogP contribution >= 0.6 is 0 Å². The molecule has 7 nitrogen and oxygen atoms in total. The summed E-state index contributed by atoms with van der Waals surface area (Å²) < 4.78 is 19.2. The Bertz CT molecular complexity index is 1810. The number of ether oxygens (including phenoxy) is 1. The van der Waals surface area contributed by atoms with Crippen molar-refractivity contribution in [1.82, 2.24) is 15.5 Å². The van der Waals surface area contributed by atoms with Crippen LogP contribution in [-0.4, -0.2) is 42.3 Å². The maximum Gasteiger partial charge on any atom is 0.252 e. The lowest BCUT2D eigenvalue weighted by Gasteiger charge is -2.52. The Kier molecular flexibility index (Phi) is 10.1.